The fourth-order valence-corrected chi connectivity index (χ4v) is 6.87. The molecular weight excluding hydrogens is 690 g/mol. The molecule has 0 saturated carbocycles. The molecule has 9 N–H and O–H groups in total. The number of amides is 2. The molecule has 2 aromatic rings. The molecule has 2 aromatic carbocycles. The summed E-state index contributed by atoms with van der Waals surface area (Å²) in [6, 6.07) is 16.6. The number of hydrogen-bond donors (Lipinski definition) is 7. The molecule has 0 spiro atoms. The Morgan fingerprint density at radius 2 is 1.37 bits per heavy atom. The highest BCUT2D eigenvalue weighted by Gasteiger charge is 2.40. The van der Waals surface area contributed by atoms with Crippen molar-refractivity contribution in [3.05, 3.63) is 71.8 Å². The summed E-state index contributed by atoms with van der Waals surface area (Å²) in [6.07, 6.45) is 2.43. The van der Waals surface area contributed by atoms with Gasteiger partial charge in [0.05, 0.1) is 31.3 Å². The summed E-state index contributed by atoms with van der Waals surface area (Å²) in [5.41, 5.74) is 12.8. The third kappa shape index (κ3) is 14.3. The van der Waals surface area contributed by atoms with E-state index in [1.165, 1.54) is 0 Å². The molecule has 0 bridgehead atoms. The van der Waals surface area contributed by atoms with Crippen LogP contribution in [0, 0.1) is 17.8 Å². The summed E-state index contributed by atoms with van der Waals surface area (Å²) in [6.45, 7) is 4.23. The maximum atomic E-state index is 14.1. The van der Waals surface area contributed by atoms with Gasteiger partial charge in [-0.25, -0.2) is 0 Å². The lowest BCUT2D eigenvalue weighted by Gasteiger charge is -2.38. The van der Waals surface area contributed by atoms with Gasteiger partial charge in [0.2, 0.25) is 11.8 Å². The molecule has 1 saturated heterocycles. The maximum absolute atomic E-state index is 14.1. The van der Waals surface area contributed by atoms with Crippen LogP contribution in [0.4, 0.5) is 0 Å². The number of hydrogen-bond acceptors (Lipinski definition) is 10. The Kier molecular flexibility index (Phi) is 18.4. The van der Waals surface area contributed by atoms with Crippen LogP contribution >= 0.6 is 0 Å². The number of aliphatic hydroxyl groups excluding tert-OH is 2. The van der Waals surface area contributed by atoms with Crippen LogP contribution in [0.1, 0.15) is 76.3 Å². The third-order valence-corrected chi connectivity index (χ3v) is 10.3. The van der Waals surface area contributed by atoms with Gasteiger partial charge in [0, 0.05) is 37.8 Å². The number of aliphatic hydroxyl groups is 2. The largest absolute Gasteiger partial charge is 0.480 e. The number of nitrogens with one attached hydrogen (secondary N) is 2. The van der Waals surface area contributed by atoms with Gasteiger partial charge < -0.3 is 42.3 Å². The second-order valence-corrected chi connectivity index (χ2v) is 15.2. The van der Waals surface area contributed by atoms with Gasteiger partial charge in [-0.3, -0.25) is 24.0 Å². The number of nitrogens with two attached hydrogens (primary N) is 2. The van der Waals surface area contributed by atoms with Crippen LogP contribution in [0.15, 0.2) is 60.7 Å². The molecule has 298 valence electrons. The van der Waals surface area contributed by atoms with E-state index in [4.69, 9.17) is 11.5 Å². The number of likely N-dealkylation sites (tertiary alicyclic amines) is 1. The number of carbonyl (C=O) groups excluding carboxylic acids is 4. The van der Waals surface area contributed by atoms with Crippen molar-refractivity contribution in [1.29, 1.82) is 0 Å². The number of benzene rings is 2. The highest BCUT2D eigenvalue weighted by atomic mass is 16.4. The van der Waals surface area contributed by atoms with Gasteiger partial charge in [0.15, 0.2) is 11.6 Å². The van der Waals surface area contributed by atoms with Crippen LogP contribution in [0.2, 0.25) is 0 Å². The van der Waals surface area contributed by atoms with E-state index in [0.29, 0.717) is 38.6 Å². The minimum atomic E-state index is -1.42. The van der Waals surface area contributed by atoms with Crippen molar-refractivity contribution in [3.63, 3.8) is 0 Å². The Hall–Kier alpha value is -4.01. The molecule has 2 amide bonds. The van der Waals surface area contributed by atoms with Gasteiger partial charge >= 0.3 is 5.97 Å². The number of piperidine rings is 1. The van der Waals surface area contributed by atoms with Crippen molar-refractivity contribution < 1.29 is 39.3 Å². The third-order valence-electron chi connectivity index (χ3n) is 10.3. The zero-order valence-electron chi connectivity index (χ0n) is 31.8. The summed E-state index contributed by atoms with van der Waals surface area (Å²) in [7, 11) is 0. The summed E-state index contributed by atoms with van der Waals surface area (Å²) >= 11 is 0. The van der Waals surface area contributed by atoms with Gasteiger partial charge in [-0.05, 0) is 68.5 Å². The molecule has 1 aliphatic rings. The Bertz CT molecular complexity index is 1480. The maximum Gasteiger partial charge on any atom is 0.323 e. The lowest BCUT2D eigenvalue weighted by atomic mass is 9.86. The Morgan fingerprint density at radius 3 is 1.91 bits per heavy atom. The summed E-state index contributed by atoms with van der Waals surface area (Å²) in [5.74, 6) is -3.84. The highest BCUT2D eigenvalue weighted by Crippen LogP contribution is 2.26. The topological polar surface area (TPSA) is 225 Å². The fraction of sp³-hybridized carbons (Fsp3) is 0.585. The first-order chi connectivity index (χ1) is 25.8. The van der Waals surface area contributed by atoms with E-state index < -0.39 is 47.4 Å². The van der Waals surface area contributed by atoms with Crippen molar-refractivity contribution in [2.45, 2.75) is 102 Å². The Labute approximate surface area is 319 Å². The van der Waals surface area contributed by atoms with Crippen LogP contribution in [0.25, 0.3) is 0 Å². The van der Waals surface area contributed by atoms with E-state index in [0.717, 1.165) is 11.1 Å². The minimum Gasteiger partial charge on any atom is -0.480 e. The van der Waals surface area contributed by atoms with Crippen LogP contribution in [-0.2, 0) is 36.8 Å². The number of carboxylic acids is 1. The monoisotopic (exact) mass is 751 g/mol. The van der Waals surface area contributed by atoms with E-state index in [1.807, 2.05) is 74.5 Å². The van der Waals surface area contributed by atoms with Crippen molar-refractivity contribution in [2.75, 3.05) is 32.8 Å². The van der Waals surface area contributed by atoms with Gasteiger partial charge in [-0.15, -0.1) is 0 Å². The van der Waals surface area contributed by atoms with Crippen molar-refractivity contribution in [2.24, 2.45) is 29.2 Å². The van der Waals surface area contributed by atoms with Gasteiger partial charge in [0.25, 0.3) is 0 Å². The lowest BCUT2D eigenvalue weighted by Crippen LogP contribution is -2.57. The smallest absolute Gasteiger partial charge is 0.323 e. The van der Waals surface area contributed by atoms with Crippen molar-refractivity contribution >= 4 is 29.4 Å². The molecule has 13 heteroatoms. The van der Waals surface area contributed by atoms with Crippen LogP contribution in [-0.4, -0.2) is 106 Å². The molecular formula is C41H61N5O8. The Balaban J connectivity index is 1.78. The molecule has 13 nitrogen and oxygen atoms in total. The molecule has 4 atom stereocenters. The van der Waals surface area contributed by atoms with Gasteiger partial charge in [-0.2, -0.15) is 0 Å². The van der Waals surface area contributed by atoms with Crippen LogP contribution in [0.5, 0.6) is 0 Å². The van der Waals surface area contributed by atoms with Crippen molar-refractivity contribution in [1.82, 2.24) is 15.5 Å². The van der Waals surface area contributed by atoms with Gasteiger partial charge in [-0.1, -0.05) is 80.9 Å². The van der Waals surface area contributed by atoms with Gasteiger partial charge in [0.1, 0.15) is 5.54 Å². The average molecular weight is 752 g/mol. The van der Waals surface area contributed by atoms with Crippen LogP contribution in [0.3, 0.4) is 0 Å². The predicted octanol–water partition coefficient (Wildman–Crippen LogP) is 2.00. The first-order valence-corrected chi connectivity index (χ1v) is 19.2. The number of aliphatic carboxylic acids is 1. The summed E-state index contributed by atoms with van der Waals surface area (Å²) < 4.78 is 0. The molecule has 3 rings (SSSR count). The molecule has 0 aliphatic carbocycles. The molecule has 1 aliphatic heterocycles. The quantitative estimate of drug-likeness (QED) is 0.0768. The standard InChI is InChI=1S/C41H61N5O8/c1-28(2)21-35(45-38(51)32(22-29-11-5-3-6-12-29)25-36(49)34(42)23-30-13-7-4-8-14-30)37(50)24-31(15-9-10-18-44-33(26-47)27-48)39(52)46-19-16-41(43,17-20-46)40(53)54/h3-8,11-14,28,31-35,44,47-48H,9-10,15-27,42-43H2,1-2H3,(H,45,51)(H,53,54)/t31-,32-,34+,35+/m0/s1. The lowest BCUT2D eigenvalue weighted by molar-refractivity contribution is -0.149. The molecule has 1 heterocycles. The van der Waals surface area contributed by atoms with E-state index in [-0.39, 0.29) is 81.8 Å². The first kappa shape index (κ1) is 44.4. The molecule has 54 heavy (non-hydrogen) atoms. The Morgan fingerprint density at radius 1 is 0.815 bits per heavy atom. The summed E-state index contributed by atoms with van der Waals surface area (Å²) in [4.78, 5) is 68.9. The van der Waals surface area contributed by atoms with E-state index >= 15 is 0 Å². The number of nitrogens with zero attached hydrogens (tertiary/aromatic N) is 1. The van der Waals surface area contributed by atoms with E-state index in [2.05, 4.69) is 10.6 Å². The predicted molar refractivity (Wildman–Crippen MR) is 206 cm³/mol. The van der Waals surface area contributed by atoms with Crippen molar-refractivity contribution in [3.8, 4) is 0 Å². The molecule has 1 fully saturated rings. The second kappa shape index (κ2) is 22.4. The molecule has 0 unspecified atom stereocenters. The number of ketones is 2. The number of carbonyl (C=O) groups is 5. The second-order valence-electron chi connectivity index (χ2n) is 15.2. The van der Waals surface area contributed by atoms with Crippen LogP contribution < -0.4 is 22.1 Å². The first-order valence-electron chi connectivity index (χ1n) is 19.2. The molecule has 0 aromatic heterocycles. The van der Waals surface area contributed by atoms with E-state index in [9.17, 15) is 39.3 Å². The average Bonchev–Trinajstić information content (AvgIpc) is 3.15. The fourth-order valence-electron chi connectivity index (χ4n) is 6.87. The summed E-state index contributed by atoms with van der Waals surface area (Å²) in [5, 5.41) is 34.3. The zero-order valence-corrected chi connectivity index (χ0v) is 31.8. The highest BCUT2D eigenvalue weighted by molar-refractivity contribution is 5.95. The number of rotatable bonds is 24. The molecule has 0 radical (unpaired) electrons. The zero-order chi connectivity index (χ0) is 39.7. The SMILES string of the molecule is CC(C)C[C@@H](NC(=O)[C@H](CC(=O)[C@H](N)Cc1ccccc1)Cc1ccccc1)C(=O)C[C@H](CCCCNC(CO)CO)C(=O)N1CCC(N)(C(=O)O)CC1. The van der Waals surface area contributed by atoms with E-state index in [1.54, 1.807) is 4.90 Å². The normalized spacial score (nSPS) is 16.4. The number of carboxylic acid groups (broad SMARTS) is 1. The minimum absolute atomic E-state index is 0.0229. The number of Topliss-reactive ketones (excluding diaryl/α,β-unsaturated/α-hetero) is 2. The number of unbranched alkanes of at least 4 members (excludes halogenated alkanes) is 1.